The highest BCUT2D eigenvalue weighted by Crippen LogP contribution is 2.35. The molecule has 6 heteroatoms. The third kappa shape index (κ3) is 4.35. The van der Waals surface area contributed by atoms with E-state index in [1.807, 2.05) is 61.5 Å². The number of rotatable bonds is 5. The molecule has 1 aromatic heterocycles. The van der Waals surface area contributed by atoms with Gasteiger partial charge in [0.05, 0.1) is 28.7 Å². The van der Waals surface area contributed by atoms with E-state index in [1.54, 1.807) is 0 Å². The van der Waals surface area contributed by atoms with Crippen molar-refractivity contribution in [1.82, 2.24) is 14.8 Å². The van der Waals surface area contributed by atoms with Crippen molar-refractivity contribution in [2.45, 2.75) is 25.6 Å². The number of amides is 1. The molecule has 0 fully saturated rings. The van der Waals surface area contributed by atoms with Gasteiger partial charge in [-0.15, -0.1) is 0 Å². The molecular formula is C23H23Cl2N3O. The van der Waals surface area contributed by atoms with Crippen molar-refractivity contribution in [3.63, 3.8) is 0 Å². The molecule has 2 atom stereocenters. The topological polar surface area (TPSA) is 37.3 Å². The summed E-state index contributed by atoms with van der Waals surface area (Å²) in [4.78, 5) is 15.0. The van der Waals surface area contributed by atoms with Crippen molar-refractivity contribution in [1.29, 1.82) is 0 Å². The fraction of sp³-hybridized carbons (Fsp3) is 0.261. The highest BCUT2D eigenvalue weighted by molar-refractivity contribution is 6.42. The number of carbonyl (C=O) groups is 1. The van der Waals surface area contributed by atoms with E-state index in [9.17, 15) is 4.79 Å². The molecule has 1 aliphatic rings. The summed E-state index contributed by atoms with van der Waals surface area (Å²) in [6, 6.07) is 19.7. The van der Waals surface area contributed by atoms with Crippen LogP contribution in [0.2, 0.25) is 10.0 Å². The van der Waals surface area contributed by atoms with E-state index < -0.39 is 0 Å². The fourth-order valence-electron chi connectivity index (χ4n) is 3.96. The second-order valence-corrected chi connectivity index (χ2v) is 8.19. The van der Waals surface area contributed by atoms with E-state index >= 15 is 0 Å². The molecule has 0 saturated carbocycles. The first kappa shape index (κ1) is 20.0. The zero-order valence-electron chi connectivity index (χ0n) is 16.2. The van der Waals surface area contributed by atoms with Gasteiger partial charge in [-0.05, 0) is 42.3 Å². The van der Waals surface area contributed by atoms with Crippen LogP contribution in [-0.2, 0) is 11.3 Å². The van der Waals surface area contributed by atoms with Gasteiger partial charge in [-0.1, -0.05) is 59.6 Å². The third-order valence-corrected chi connectivity index (χ3v) is 6.16. The quantitative estimate of drug-likeness (QED) is 0.616. The first-order valence-electron chi connectivity index (χ1n) is 9.71. The maximum absolute atomic E-state index is 12.8. The van der Waals surface area contributed by atoms with Crippen LogP contribution >= 0.6 is 23.2 Å². The predicted molar refractivity (Wildman–Crippen MR) is 117 cm³/mol. The number of aromatic nitrogens is 1. The molecule has 0 spiro atoms. The molecule has 1 aliphatic heterocycles. The second-order valence-electron chi connectivity index (χ2n) is 7.37. The van der Waals surface area contributed by atoms with Gasteiger partial charge < -0.3 is 9.88 Å². The first-order chi connectivity index (χ1) is 14.0. The molecule has 4 nitrogen and oxygen atoms in total. The smallest absolute Gasteiger partial charge is 0.234 e. The van der Waals surface area contributed by atoms with Gasteiger partial charge >= 0.3 is 0 Å². The largest absolute Gasteiger partial charge is 0.348 e. The Kier molecular flexibility index (Phi) is 5.95. The summed E-state index contributed by atoms with van der Waals surface area (Å²) < 4.78 is 2.23. The van der Waals surface area contributed by atoms with Crippen LogP contribution in [0.25, 0.3) is 0 Å². The molecule has 1 amide bonds. The van der Waals surface area contributed by atoms with Crippen molar-refractivity contribution < 1.29 is 4.79 Å². The molecule has 4 rings (SSSR count). The monoisotopic (exact) mass is 427 g/mol. The van der Waals surface area contributed by atoms with Crippen LogP contribution in [0.15, 0.2) is 66.9 Å². The Morgan fingerprint density at radius 3 is 2.62 bits per heavy atom. The minimum atomic E-state index is -0.0497. The lowest BCUT2D eigenvalue weighted by Crippen LogP contribution is -2.44. The standard InChI is InChI=1S/C23H23Cl2N3O/c1-16(17-6-3-2-4-7-17)26-22(29)15-28-13-12-27-11-5-8-21(27)23(28)18-9-10-19(24)20(25)14-18/h2-11,14,16,23H,12-13,15H2,1H3,(H,26,29). The Bertz CT molecular complexity index is 1000. The number of benzene rings is 2. The Morgan fingerprint density at radius 2 is 1.86 bits per heavy atom. The number of hydrogen-bond acceptors (Lipinski definition) is 2. The molecular weight excluding hydrogens is 405 g/mol. The van der Waals surface area contributed by atoms with Gasteiger partial charge in [0, 0.05) is 25.0 Å². The number of hydrogen-bond donors (Lipinski definition) is 1. The molecule has 0 saturated heterocycles. The zero-order chi connectivity index (χ0) is 20.4. The summed E-state index contributed by atoms with van der Waals surface area (Å²) in [7, 11) is 0. The summed E-state index contributed by atoms with van der Waals surface area (Å²) in [5, 5.41) is 4.17. The lowest BCUT2D eigenvalue weighted by molar-refractivity contribution is -0.123. The van der Waals surface area contributed by atoms with E-state index in [1.165, 1.54) is 0 Å². The average molecular weight is 428 g/mol. The number of fused-ring (bicyclic) bond motifs is 1. The number of carbonyl (C=O) groups excluding carboxylic acids is 1. The van der Waals surface area contributed by atoms with Gasteiger partial charge in [0.15, 0.2) is 0 Å². The maximum atomic E-state index is 12.8. The van der Waals surface area contributed by atoms with Crippen molar-refractivity contribution in [3.8, 4) is 0 Å². The van der Waals surface area contributed by atoms with Crippen molar-refractivity contribution in [2.75, 3.05) is 13.1 Å². The fourth-order valence-corrected chi connectivity index (χ4v) is 4.27. The molecule has 2 aromatic carbocycles. The van der Waals surface area contributed by atoms with Gasteiger partial charge in [-0.2, -0.15) is 0 Å². The molecule has 150 valence electrons. The Morgan fingerprint density at radius 1 is 1.07 bits per heavy atom. The Balaban J connectivity index is 1.55. The third-order valence-electron chi connectivity index (χ3n) is 5.42. The van der Waals surface area contributed by atoms with Crippen molar-refractivity contribution >= 4 is 29.1 Å². The van der Waals surface area contributed by atoms with Crippen LogP contribution in [0.1, 0.15) is 35.8 Å². The normalized spacial score (nSPS) is 17.6. The molecule has 0 bridgehead atoms. The second kappa shape index (κ2) is 8.62. The van der Waals surface area contributed by atoms with E-state index in [0.717, 1.165) is 29.9 Å². The summed E-state index contributed by atoms with van der Waals surface area (Å²) in [5.41, 5.74) is 3.27. The van der Waals surface area contributed by atoms with E-state index in [4.69, 9.17) is 23.2 Å². The van der Waals surface area contributed by atoms with Crippen molar-refractivity contribution in [3.05, 3.63) is 93.7 Å². The van der Waals surface area contributed by atoms with Crippen LogP contribution in [0.4, 0.5) is 0 Å². The lowest BCUT2D eigenvalue weighted by Gasteiger charge is -2.37. The summed E-state index contributed by atoms with van der Waals surface area (Å²) in [6.07, 6.45) is 2.08. The highest BCUT2D eigenvalue weighted by atomic mass is 35.5. The number of halogens is 2. The van der Waals surface area contributed by atoms with Crippen LogP contribution in [0, 0.1) is 0 Å². The minimum absolute atomic E-state index is 0.00594. The molecule has 1 N–H and O–H groups in total. The number of nitrogens with one attached hydrogen (secondary N) is 1. The zero-order valence-corrected chi connectivity index (χ0v) is 17.7. The Hall–Kier alpha value is -2.27. The van der Waals surface area contributed by atoms with E-state index in [0.29, 0.717) is 16.6 Å². The van der Waals surface area contributed by atoms with Crippen LogP contribution in [0.5, 0.6) is 0 Å². The Labute approximate surface area is 181 Å². The van der Waals surface area contributed by atoms with Gasteiger partial charge in [-0.3, -0.25) is 9.69 Å². The molecule has 29 heavy (non-hydrogen) atoms. The van der Waals surface area contributed by atoms with E-state index in [2.05, 4.69) is 27.0 Å². The maximum Gasteiger partial charge on any atom is 0.234 e. The minimum Gasteiger partial charge on any atom is -0.348 e. The molecule has 2 unspecified atom stereocenters. The van der Waals surface area contributed by atoms with Crippen molar-refractivity contribution in [2.24, 2.45) is 0 Å². The average Bonchev–Trinajstić information content (AvgIpc) is 3.19. The first-order valence-corrected chi connectivity index (χ1v) is 10.5. The van der Waals surface area contributed by atoms with Gasteiger partial charge in [0.2, 0.25) is 5.91 Å². The highest BCUT2D eigenvalue weighted by Gasteiger charge is 2.30. The lowest BCUT2D eigenvalue weighted by atomic mass is 10.00. The molecule has 3 aromatic rings. The van der Waals surface area contributed by atoms with Crippen LogP contribution in [-0.4, -0.2) is 28.5 Å². The van der Waals surface area contributed by atoms with Crippen LogP contribution in [0.3, 0.4) is 0 Å². The SMILES string of the molecule is CC(NC(=O)CN1CCn2cccc2C1c1ccc(Cl)c(Cl)c1)c1ccccc1. The summed E-state index contributed by atoms with van der Waals surface area (Å²) >= 11 is 12.4. The summed E-state index contributed by atoms with van der Waals surface area (Å²) in [5.74, 6) is 0.00594. The predicted octanol–water partition coefficient (Wildman–Crippen LogP) is 5.08. The van der Waals surface area contributed by atoms with E-state index in [-0.39, 0.29) is 18.0 Å². The molecule has 0 aliphatic carbocycles. The number of nitrogens with zero attached hydrogens (tertiary/aromatic N) is 2. The molecule has 2 heterocycles. The summed E-state index contributed by atoms with van der Waals surface area (Å²) in [6.45, 7) is 3.94. The van der Waals surface area contributed by atoms with Gasteiger partial charge in [0.1, 0.15) is 0 Å². The van der Waals surface area contributed by atoms with Gasteiger partial charge in [0.25, 0.3) is 0 Å². The van der Waals surface area contributed by atoms with Gasteiger partial charge in [-0.25, -0.2) is 0 Å². The molecule has 0 radical (unpaired) electrons. The van der Waals surface area contributed by atoms with Crippen LogP contribution < -0.4 is 5.32 Å².